The Labute approximate surface area is 332 Å². The molecule has 0 saturated carbocycles. The van der Waals surface area contributed by atoms with Gasteiger partial charge in [0.15, 0.2) is 17.6 Å². The van der Waals surface area contributed by atoms with Crippen molar-refractivity contribution in [2.45, 2.75) is 49.5 Å². The van der Waals surface area contributed by atoms with Gasteiger partial charge in [0.25, 0.3) is 5.91 Å². The first-order chi connectivity index (χ1) is 26.6. The van der Waals surface area contributed by atoms with Crippen LogP contribution < -0.4 is 19.6 Å². The Morgan fingerprint density at radius 3 is 2.20 bits per heavy atom. The van der Waals surface area contributed by atoms with Crippen LogP contribution in [0.25, 0.3) is 0 Å². The number of hydrogen-bond donors (Lipinski definition) is 1. The average molecular weight is 798 g/mol. The SMILES string of the molecule is CCOC(=O)[C@@H]1CN(NC(=O)C2(c3ccccc3)CCN(CC[C@@]3(c4ccc(Cl)c(Cl)c4)CCN(C(=O)c4cc(OC)c(OC)c(OC)c4)C3)CC2)CCO1. The lowest BCUT2D eigenvalue weighted by Crippen LogP contribution is -2.59. The van der Waals surface area contributed by atoms with Crippen molar-refractivity contribution in [3.8, 4) is 17.2 Å². The second kappa shape index (κ2) is 17.8. The highest BCUT2D eigenvalue weighted by atomic mass is 35.5. The van der Waals surface area contributed by atoms with E-state index in [4.69, 9.17) is 46.9 Å². The van der Waals surface area contributed by atoms with Gasteiger partial charge in [-0.3, -0.25) is 15.0 Å². The highest BCUT2D eigenvalue weighted by Gasteiger charge is 2.46. The molecule has 6 rings (SSSR count). The maximum Gasteiger partial charge on any atom is 0.336 e. The third-order valence-electron chi connectivity index (χ3n) is 11.3. The number of ether oxygens (including phenoxy) is 5. The van der Waals surface area contributed by atoms with E-state index in [9.17, 15) is 14.4 Å². The number of nitrogens with one attached hydrogen (secondary N) is 1. The second-order valence-electron chi connectivity index (χ2n) is 14.3. The summed E-state index contributed by atoms with van der Waals surface area (Å²) in [4.78, 5) is 45.0. The summed E-state index contributed by atoms with van der Waals surface area (Å²) in [5, 5.41) is 2.72. The number of halogens is 2. The monoisotopic (exact) mass is 796 g/mol. The van der Waals surface area contributed by atoms with E-state index in [1.807, 2.05) is 53.4 Å². The van der Waals surface area contributed by atoms with Crippen LogP contribution in [0.2, 0.25) is 10.0 Å². The Morgan fingerprint density at radius 2 is 1.56 bits per heavy atom. The molecule has 0 aromatic heterocycles. The summed E-state index contributed by atoms with van der Waals surface area (Å²) in [6.45, 7) is 6.19. The van der Waals surface area contributed by atoms with E-state index in [1.165, 1.54) is 21.3 Å². The first-order valence-electron chi connectivity index (χ1n) is 18.7. The first kappa shape index (κ1) is 40.6. The van der Waals surface area contributed by atoms with Crippen molar-refractivity contribution in [3.05, 3.63) is 87.4 Å². The molecule has 3 aromatic rings. The number of morpholine rings is 1. The third kappa shape index (κ3) is 8.68. The van der Waals surface area contributed by atoms with Gasteiger partial charge in [-0.05, 0) is 87.6 Å². The number of methoxy groups -OCH3 is 3. The Hall–Kier alpha value is -4.07. The third-order valence-corrected chi connectivity index (χ3v) is 12.1. The van der Waals surface area contributed by atoms with E-state index in [2.05, 4.69) is 10.3 Å². The number of carbonyl (C=O) groups excluding carboxylic acids is 3. The molecule has 3 aliphatic rings. The van der Waals surface area contributed by atoms with Gasteiger partial charge >= 0.3 is 5.97 Å². The zero-order valence-corrected chi connectivity index (χ0v) is 33.4. The summed E-state index contributed by atoms with van der Waals surface area (Å²) in [5.74, 6) is 0.598. The quantitative estimate of drug-likeness (QED) is 0.222. The van der Waals surface area contributed by atoms with Crippen LogP contribution in [0.5, 0.6) is 17.2 Å². The van der Waals surface area contributed by atoms with Crippen molar-refractivity contribution in [1.82, 2.24) is 20.2 Å². The molecule has 0 unspecified atom stereocenters. The molecule has 12 nitrogen and oxygen atoms in total. The number of likely N-dealkylation sites (tertiary alicyclic amines) is 2. The molecule has 0 aliphatic carbocycles. The molecule has 2 amide bonds. The number of nitrogens with zero attached hydrogens (tertiary/aromatic N) is 3. The maximum absolute atomic E-state index is 14.3. The molecule has 2 atom stereocenters. The van der Waals surface area contributed by atoms with Crippen LogP contribution in [-0.4, -0.2) is 119 Å². The van der Waals surface area contributed by atoms with Crippen LogP contribution >= 0.6 is 23.2 Å². The summed E-state index contributed by atoms with van der Waals surface area (Å²) >= 11 is 13.0. The fourth-order valence-electron chi connectivity index (χ4n) is 8.16. The topological polar surface area (TPSA) is 119 Å². The molecule has 1 N–H and O–H groups in total. The lowest BCUT2D eigenvalue weighted by Gasteiger charge is -2.43. The zero-order valence-electron chi connectivity index (χ0n) is 31.9. The summed E-state index contributed by atoms with van der Waals surface area (Å²) in [6.07, 6.45) is 1.96. The number of hydrazine groups is 1. The van der Waals surface area contributed by atoms with Crippen LogP contribution in [0.1, 0.15) is 54.1 Å². The number of esters is 1. The van der Waals surface area contributed by atoms with E-state index in [-0.39, 0.29) is 30.4 Å². The van der Waals surface area contributed by atoms with Crippen molar-refractivity contribution >= 4 is 41.0 Å². The molecule has 0 radical (unpaired) electrons. The predicted molar refractivity (Wildman–Crippen MR) is 209 cm³/mol. The highest BCUT2D eigenvalue weighted by molar-refractivity contribution is 6.42. The fourth-order valence-corrected chi connectivity index (χ4v) is 8.45. The van der Waals surface area contributed by atoms with Crippen LogP contribution in [-0.2, 0) is 29.9 Å². The predicted octanol–water partition coefficient (Wildman–Crippen LogP) is 5.52. The number of piperidine rings is 1. The van der Waals surface area contributed by atoms with Crippen LogP contribution in [0.4, 0.5) is 0 Å². The van der Waals surface area contributed by atoms with Crippen molar-refractivity contribution in [3.63, 3.8) is 0 Å². The molecule has 0 spiro atoms. The van der Waals surface area contributed by atoms with Gasteiger partial charge < -0.3 is 33.5 Å². The van der Waals surface area contributed by atoms with Gasteiger partial charge in [0, 0.05) is 30.6 Å². The summed E-state index contributed by atoms with van der Waals surface area (Å²) < 4.78 is 27.3. The molecular formula is C41H50Cl2N4O8. The highest BCUT2D eigenvalue weighted by Crippen LogP contribution is 2.43. The molecule has 3 fully saturated rings. The molecule has 3 aromatic carbocycles. The van der Waals surface area contributed by atoms with Crippen molar-refractivity contribution in [2.75, 3.05) is 80.4 Å². The van der Waals surface area contributed by atoms with Gasteiger partial charge in [-0.15, -0.1) is 0 Å². The van der Waals surface area contributed by atoms with Crippen LogP contribution in [0, 0.1) is 0 Å². The minimum Gasteiger partial charge on any atom is -0.493 e. The minimum atomic E-state index is -0.756. The van der Waals surface area contributed by atoms with Crippen LogP contribution in [0.3, 0.4) is 0 Å². The molecule has 296 valence electrons. The molecule has 3 saturated heterocycles. The van der Waals surface area contributed by atoms with Crippen molar-refractivity contribution in [2.24, 2.45) is 0 Å². The molecular weight excluding hydrogens is 747 g/mol. The van der Waals surface area contributed by atoms with E-state index in [1.54, 1.807) is 24.1 Å². The number of benzene rings is 3. The normalized spacial score (nSPS) is 21.5. The Balaban J connectivity index is 1.18. The molecule has 0 bridgehead atoms. The maximum atomic E-state index is 14.3. The number of amides is 2. The number of rotatable bonds is 13. The number of carbonyl (C=O) groups is 3. The minimum absolute atomic E-state index is 0.0909. The van der Waals surface area contributed by atoms with Gasteiger partial charge in [0.1, 0.15) is 0 Å². The van der Waals surface area contributed by atoms with Crippen molar-refractivity contribution in [1.29, 1.82) is 0 Å². The van der Waals surface area contributed by atoms with E-state index in [0.29, 0.717) is 85.0 Å². The smallest absolute Gasteiger partial charge is 0.336 e. The van der Waals surface area contributed by atoms with E-state index >= 15 is 0 Å². The largest absolute Gasteiger partial charge is 0.493 e. The van der Waals surface area contributed by atoms with Gasteiger partial charge in [-0.2, -0.15) is 0 Å². The number of hydrogen-bond acceptors (Lipinski definition) is 10. The first-order valence-corrected chi connectivity index (χ1v) is 19.5. The van der Waals surface area contributed by atoms with Gasteiger partial charge in [-0.1, -0.05) is 59.6 Å². The second-order valence-corrected chi connectivity index (χ2v) is 15.2. The summed E-state index contributed by atoms with van der Waals surface area (Å²) in [6, 6.07) is 19.1. The van der Waals surface area contributed by atoms with Crippen LogP contribution in [0.15, 0.2) is 60.7 Å². The Morgan fingerprint density at radius 1 is 0.855 bits per heavy atom. The zero-order chi connectivity index (χ0) is 39.2. The fraction of sp³-hybridized carbons (Fsp3) is 0.488. The van der Waals surface area contributed by atoms with Crippen molar-refractivity contribution < 1.29 is 38.1 Å². The molecule has 55 heavy (non-hydrogen) atoms. The van der Waals surface area contributed by atoms with Gasteiger partial charge in [0.05, 0.1) is 56.5 Å². The van der Waals surface area contributed by atoms with Gasteiger partial charge in [0.2, 0.25) is 11.7 Å². The lowest BCUT2D eigenvalue weighted by atomic mass is 9.71. The lowest BCUT2D eigenvalue weighted by molar-refractivity contribution is -0.165. The summed E-state index contributed by atoms with van der Waals surface area (Å²) in [7, 11) is 4.59. The van der Waals surface area contributed by atoms with E-state index in [0.717, 1.165) is 30.5 Å². The molecule has 14 heteroatoms. The Bertz CT molecular complexity index is 1810. The Kier molecular flexibility index (Phi) is 13.1. The standard InChI is InChI=1S/C41H50Cl2N4O8/c1-5-54-38(49)35-26-47(21-22-55-35)44-39(50)41(29-9-7-6-8-10-29)15-18-45(19-16-41)17-13-40(30-11-12-31(42)32(43)25-30)14-20-46(27-40)37(48)28-23-33(51-2)36(53-4)34(24-28)52-3/h6-12,23-25,35H,5,13-22,26-27H2,1-4H3,(H,44,50)/t35-,40+/m0/s1. The molecule has 3 aliphatic heterocycles. The average Bonchev–Trinajstić information content (AvgIpc) is 3.66. The van der Waals surface area contributed by atoms with Gasteiger partial charge in [-0.25, -0.2) is 9.80 Å². The molecule has 3 heterocycles. The summed E-state index contributed by atoms with van der Waals surface area (Å²) in [5.41, 5.74) is 4.43. The van der Waals surface area contributed by atoms with E-state index < -0.39 is 17.5 Å².